The molecule has 0 rings (SSSR count). The van der Waals surface area contributed by atoms with E-state index in [2.05, 4.69) is 6.92 Å². The molecule has 0 saturated heterocycles. The van der Waals surface area contributed by atoms with E-state index in [0.29, 0.717) is 19.5 Å². The predicted molar refractivity (Wildman–Crippen MR) is 110 cm³/mol. The van der Waals surface area contributed by atoms with Gasteiger partial charge < -0.3 is 15.1 Å². The van der Waals surface area contributed by atoms with Gasteiger partial charge in [-0.2, -0.15) is 0 Å². The van der Waals surface area contributed by atoms with E-state index >= 15 is 0 Å². The smallest absolute Gasteiger partial charge is 0.222 e. The summed E-state index contributed by atoms with van der Waals surface area (Å²) >= 11 is 0. The molecule has 0 aromatic rings. The van der Waals surface area contributed by atoms with Crippen molar-refractivity contribution in [3.05, 3.63) is 0 Å². The number of unbranched alkanes of at least 4 members (excludes halogenated alkanes) is 11. The molecule has 0 spiro atoms. The first kappa shape index (κ1) is 25.4. The van der Waals surface area contributed by atoms with Gasteiger partial charge in [-0.05, 0) is 12.8 Å². The van der Waals surface area contributed by atoms with Gasteiger partial charge >= 0.3 is 0 Å². The lowest BCUT2D eigenvalue weighted by Gasteiger charge is -2.24. The molecule has 1 unspecified atom stereocenters. The molecule has 0 aliphatic rings. The second kappa shape index (κ2) is 19.2. The number of aliphatic hydroxyl groups excluding tert-OH is 2. The second-order valence-corrected chi connectivity index (χ2v) is 7.64. The van der Waals surface area contributed by atoms with Crippen molar-refractivity contribution in [2.75, 3.05) is 19.7 Å². The van der Waals surface area contributed by atoms with Crippen molar-refractivity contribution in [1.82, 2.24) is 4.90 Å². The molecule has 2 N–H and O–H groups in total. The molecule has 4 nitrogen and oxygen atoms in total. The Kier molecular flexibility index (Phi) is 18.7. The Morgan fingerprint density at radius 3 is 1.77 bits per heavy atom. The number of aliphatic hydroxyl groups is 2. The van der Waals surface area contributed by atoms with Gasteiger partial charge in [0.25, 0.3) is 0 Å². The molecule has 0 aromatic carbocycles. The lowest BCUT2D eigenvalue weighted by molar-refractivity contribution is -0.133. The Labute approximate surface area is 162 Å². The molecule has 0 fully saturated rings. The van der Waals surface area contributed by atoms with Crippen LogP contribution in [0.2, 0.25) is 0 Å². The van der Waals surface area contributed by atoms with E-state index < -0.39 is 6.10 Å². The molecule has 0 saturated carbocycles. The van der Waals surface area contributed by atoms with Gasteiger partial charge in [-0.15, -0.1) is 0 Å². The van der Waals surface area contributed by atoms with Crippen molar-refractivity contribution in [2.45, 2.75) is 116 Å². The third-order valence-corrected chi connectivity index (χ3v) is 5.01. The first-order chi connectivity index (χ1) is 12.7. The van der Waals surface area contributed by atoms with Crippen molar-refractivity contribution < 1.29 is 15.0 Å². The van der Waals surface area contributed by atoms with E-state index in [1.165, 1.54) is 64.2 Å². The zero-order valence-corrected chi connectivity index (χ0v) is 17.6. The molecule has 0 aliphatic heterocycles. The molecule has 26 heavy (non-hydrogen) atoms. The Morgan fingerprint density at radius 2 is 1.31 bits per heavy atom. The van der Waals surface area contributed by atoms with E-state index in [1.54, 1.807) is 4.90 Å². The number of hydrogen-bond acceptors (Lipinski definition) is 3. The minimum absolute atomic E-state index is 0.0373. The van der Waals surface area contributed by atoms with E-state index in [-0.39, 0.29) is 12.5 Å². The Bertz CT molecular complexity index is 310. The number of nitrogens with zero attached hydrogens (tertiary/aromatic N) is 1. The molecular formula is C22H45NO3. The highest BCUT2D eigenvalue weighted by Crippen LogP contribution is 2.13. The lowest BCUT2D eigenvalue weighted by atomic mass is 10.0. The lowest BCUT2D eigenvalue weighted by Crippen LogP contribution is -2.39. The molecule has 0 aliphatic carbocycles. The van der Waals surface area contributed by atoms with Gasteiger partial charge in [-0.1, -0.05) is 90.9 Å². The van der Waals surface area contributed by atoms with Crippen molar-refractivity contribution in [3.8, 4) is 0 Å². The molecule has 0 radical (unpaired) electrons. The normalized spacial score (nSPS) is 12.3. The molecule has 0 aromatic heterocycles. The van der Waals surface area contributed by atoms with Crippen LogP contribution in [0.1, 0.15) is 110 Å². The first-order valence-electron chi connectivity index (χ1n) is 11.2. The quantitative estimate of drug-likeness (QED) is 0.312. The van der Waals surface area contributed by atoms with Crippen LogP contribution in [0, 0.1) is 0 Å². The van der Waals surface area contributed by atoms with Crippen LogP contribution < -0.4 is 0 Å². The van der Waals surface area contributed by atoms with E-state index in [0.717, 1.165) is 25.7 Å². The summed E-state index contributed by atoms with van der Waals surface area (Å²) in [7, 11) is 0. The second-order valence-electron chi connectivity index (χ2n) is 7.64. The van der Waals surface area contributed by atoms with Gasteiger partial charge in [0.2, 0.25) is 5.91 Å². The van der Waals surface area contributed by atoms with Gasteiger partial charge in [0.05, 0.1) is 12.7 Å². The Hall–Kier alpha value is -0.610. The van der Waals surface area contributed by atoms with Crippen LogP contribution in [-0.4, -0.2) is 46.8 Å². The molecule has 4 heteroatoms. The van der Waals surface area contributed by atoms with Gasteiger partial charge in [0.15, 0.2) is 0 Å². The van der Waals surface area contributed by atoms with E-state index in [1.807, 2.05) is 6.92 Å². The van der Waals surface area contributed by atoms with Crippen LogP contribution in [0.15, 0.2) is 0 Å². The summed E-state index contributed by atoms with van der Waals surface area (Å²) in [6, 6.07) is 0. The third-order valence-electron chi connectivity index (χ3n) is 5.01. The van der Waals surface area contributed by atoms with Crippen LogP contribution >= 0.6 is 0 Å². The monoisotopic (exact) mass is 371 g/mol. The van der Waals surface area contributed by atoms with Gasteiger partial charge in [-0.25, -0.2) is 0 Å². The van der Waals surface area contributed by atoms with Gasteiger partial charge in [0, 0.05) is 19.5 Å². The maximum atomic E-state index is 11.9. The average molecular weight is 372 g/mol. The summed E-state index contributed by atoms with van der Waals surface area (Å²) in [4.78, 5) is 13.6. The highest BCUT2D eigenvalue weighted by atomic mass is 16.3. The third kappa shape index (κ3) is 15.6. The van der Waals surface area contributed by atoms with Gasteiger partial charge in [-0.3, -0.25) is 4.79 Å². The van der Waals surface area contributed by atoms with E-state index in [4.69, 9.17) is 5.11 Å². The number of rotatable bonds is 19. The Balaban J connectivity index is 3.54. The SMILES string of the molecule is CCCCCCCCCCCCCCC(O)CN(CCO)C(=O)CCC. The van der Waals surface area contributed by atoms with Crippen molar-refractivity contribution >= 4 is 5.91 Å². The summed E-state index contributed by atoms with van der Waals surface area (Å²) in [5.74, 6) is 0.0373. The summed E-state index contributed by atoms with van der Waals surface area (Å²) < 4.78 is 0. The highest BCUT2D eigenvalue weighted by Gasteiger charge is 2.16. The van der Waals surface area contributed by atoms with Crippen LogP contribution in [0.3, 0.4) is 0 Å². The number of amides is 1. The topological polar surface area (TPSA) is 60.8 Å². The predicted octanol–water partition coefficient (Wildman–Crippen LogP) is 5.06. The zero-order chi connectivity index (χ0) is 19.5. The molecule has 0 bridgehead atoms. The number of carbonyl (C=O) groups excluding carboxylic acids is 1. The largest absolute Gasteiger partial charge is 0.395 e. The van der Waals surface area contributed by atoms with Crippen molar-refractivity contribution in [2.24, 2.45) is 0 Å². The van der Waals surface area contributed by atoms with Crippen molar-refractivity contribution in [1.29, 1.82) is 0 Å². The highest BCUT2D eigenvalue weighted by molar-refractivity contribution is 5.76. The fourth-order valence-corrected chi connectivity index (χ4v) is 3.38. The minimum Gasteiger partial charge on any atom is -0.395 e. The summed E-state index contributed by atoms with van der Waals surface area (Å²) in [5, 5.41) is 19.2. The van der Waals surface area contributed by atoms with Crippen LogP contribution in [-0.2, 0) is 4.79 Å². The molecule has 1 atom stereocenters. The molecule has 0 heterocycles. The molecule has 1 amide bonds. The standard InChI is InChI=1S/C22H45NO3/c1-3-5-6-7-8-9-10-11-12-13-14-15-17-21(25)20-23(18-19-24)22(26)16-4-2/h21,24-25H,3-20H2,1-2H3. The van der Waals surface area contributed by atoms with Gasteiger partial charge in [0.1, 0.15) is 0 Å². The van der Waals surface area contributed by atoms with Crippen LogP contribution in [0.5, 0.6) is 0 Å². The minimum atomic E-state index is -0.467. The fraction of sp³-hybridized carbons (Fsp3) is 0.955. The Morgan fingerprint density at radius 1 is 0.808 bits per heavy atom. The summed E-state index contributed by atoms with van der Waals surface area (Å²) in [6.07, 6.45) is 17.3. The molecular weight excluding hydrogens is 326 g/mol. The maximum Gasteiger partial charge on any atom is 0.222 e. The maximum absolute atomic E-state index is 11.9. The first-order valence-corrected chi connectivity index (χ1v) is 11.2. The number of hydrogen-bond donors (Lipinski definition) is 2. The number of carbonyl (C=O) groups is 1. The van der Waals surface area contributed by atoms with Crippen LogP contribution in [0.25, 0.3) is 0 Å². The van der Waals surface area contributed by atoms with E-state index in [9.17, 15) is 9.90 Å². The summed E-state index contributed by atoms with van der Waals surface area (Å²) in [5.41, 5.74) is 0. The van der Waals surface area contributed by atoms with Crippen LogP contribution in [0.4, 0.5) is 0 Å². The zero-order valence-electron chi connectivity index (χ0n) is 17.6. The van der Waals surface area contributed by atoms with Crippen molar-refractivity contribution in [3.63, 3.8) is 0 Å². The fourth-order valence-electron chi connectivity index (χ4n) is 3.38. The summed E-state index contributed by atoms with van der Waals surface area (Å²) in [6.45, 7) is 4.88. The average Bonchev–Trinajstić information content (AvgIpc) is 2.62. The molecule has 156 valence electrons.